The van der Waals surface area contributed by atoms with Crippen LogP contribution in [0.2, 0.25) is 0 Å². The molecule has 4 heteroatoms. The van der Waals surface area contributed by atoms with Gasteiger partial charge in [0.05, 0.1) is 0 Å². The van der Waals surface area contributed by atoms with Crippen LogP contribution in [0.5, 0.6) is 0 Å². The SMILES string of the molecule is CSCCCCCCCN1CCN(CCCCCCCSC)CC1. The van der Waals surface area contributed by atoms with Gasteiger partial charge in [0, 0.05) is 26.2 Å². The molecule has 24 heavy (non-hydrogen) atoms. The fourth-order valence-corrected chi connectivity index (χ4v) is 4.45. The summed E-state index contributed by atoms with van der Waals surface area (Å²) in [5, 5.41) is 0. The molecule has 1 aliphatic rings. The lowest BCUT2D eigenvalue weighted by Gasteiger charge is -2.34. The van der Waals surface area contributed by atoms with Crippen LogP contribution in [0.15, 0.2) is 0 Å². The highest BCUT2D eigenvalue weighted by Gasteiger charge is 2.15. The van der Waals surface area contributed by atoms with Crippen molar-refractivity contribution in [1.29, 1.82) is 0 Å². The van der Waals surface area contributed by atoms with Crippen LogP contribution in [0, 0.1) is 0 Å². The summed E-state index contributed by atoms with van der Waals surface area (Å²) in [5.41, 5.74) is 0. The van der Waals surface area contributed by atoms with Crippen LogP contribution in [0.3, 0.4) is 0 Å². The Morgan fingerprint density at radius 3 is 1.21 bits per heavy atom. The zero-order valence-electron chi connectivity index (χ0n) is 16.4. The van der Waals surface area contributed by atoms with Gasteiger partial charge in [-0.1, -0.05) is 38.5 Å². The Hall–Kier alpha value is 0.620. The highest BCUT2D eigenvalue weighted by Crippen LogP contribution is 2.10. The molecule has 0 N–H and O–H groups in total. The summed E-state index contributed by atoms with van der Waals surface area (Å²) in [5.74, 6) is 2.69. The highest BCUT2D eigenvalue weighted by molar-refractivity contribution is 7.98. The van der Waals surface area contributed by atoms with Gasteiger partial charge in [-0.3, -0.25) is 0 Å². The van der Waals surface area contributed by atoms with Gasteiger partial charge < -0.3 is 9.80 Å². The van der Waals surface area contributed by atoms with Crippen LogP contribution in [0.25, 0.3) is 0 Å². The maximum absolute atomic E-state index is 2.70. The Labute approximate surface area is 160 Å². The lowest BCUT2D eigenvalue weighted by Crippen LogP contribution is -2.46. The Bertz CT molecular complexity index is 230. The van der Waals surface area contributed by atoms with Gasteiger partial charge in [0.25, 0.3) is 0 Å². The first kappa shape index (κ1) is 22.7. The minimum atomic E-state index is 1.31. The van der Waals surface area contributed by atoms with Crippen molar-refractivity contribution in [3.63, 3.8) is 0 Å². The lowest BCUT2D eigenvalue weighted by molar-refractivity contribution is 0.129. The van der Waals surface area contributed by atoms with E-state index in [-0.39, 0.29) is 0 Å². The van der Waals surface area contributed by atoms with Crippen molar-refractivity contribution in [2.45, 2.75) is 64.2 Å². The first-order valence-electron chi connectivity index (χ1n) is 10.3. The number of piperazine rings is 1. The number of hydrogen-bond donors (Lipinski definition) is 0. The van der Waals surface area contributed by atoms with Crippen molar-refractivity contribution in [2.75, 3.05) is 63.3 Å². The number of thioether (sulfide) groups is 2. The van der Waals surface area contributed by atoms with E-state index >= 15 is 0 Å². The third-order valence-electron chi connectivity index (χ3n) is 5.11. The maximum Gasteiger partial charge on any atom is 0.0110 e. The minimum absolute atomic E-state index is 1.31. The van der Waals surface area contributed by atoms with Crippen molar-refractivity contribution in [3.05, 3.63) is 0 Å². The molecular weight excluding hydrogens is 332 g/mol. The summed E-state index contributed by atoms with van der Waals surface area (Å²) < 4.78 is 0. The van der Waals surface area contributed by atoms with Gasteiger partial charge >= 0.3 is 0 Å². The van der Waals surface area contributed by atoms with E-state index in [4.69, 9.17) is 0 Å². The molecule has 0 amide bonds. The number of hydrogen-bond acceptors (Lipinski definition) is 4. The van der Waals surface area contributed by atoms with E-state index in [1.807, 2.05) is 23.5 Å². The van der Waals surface area contributed by atoms with Gasteiger partial charge in [0.2, 0.25) is 0 Å². The quantitative estimate of drug-likeness (QED) is 0.341. The second kappa shape index (κ2) is 17.1. The molecule has 1 heterocycles. The summed E-state index contributed by atoms with van der Waals surface area (Å²) >= 11 is 3.97. The van der Waals surface area contributed by atoms with Crippen LogP contribution < -0.4 is 0 Å². The second-order valence-corrected chi connectivity index (χ2v) is 9.18. The number of unbranched alkanes of at least 4 members (excludes halogenated alkanes) is 8. The molecule has 0 aromatic rings. The topological polar surface area (TPSA) is 6.48 Å². The molecule has 1 rings (SSSR count). The first-order valence-corrected chi connectivity index (χ1v) is 13.1. The van der Waals surface area contributed by atoms with Gasteiger partial charge in [-0.05, 0) is 62.8 Å². The molecule has 0 aliphatic carbocycles. The van der Waals surface area contributed by atoms with Gasteiger partial charge in [-0.15, -0.1) is 0 Å². The molecule has 0 radical (unpaired) electrons. The van der Waals surface area contributed by atoms with E-state index in [1.54, 1.807) is 0 Å². The highest BCUT2D eigenvalue weighted by atomic mass is 32.2. The van der Waals surface area contributed by atoms with Crippen molar-refractivity contribution >= 4 is 23.5 Å². The van der Waals surface area contributed by atoms with Crippen molar-refractivity contribution < 1.29 is 0 Å². The molecule has 0 atom stereocenters. The van der Waals surface area contributed by atoms with Crippen molar-refractivity contribution in [2.24, 2.45) is 0 Å². The predicted octanol–water partition coefficient (Wildman–Crippen LogP) is 5.23. The molecule has 2 nitrogen and oxygen atoms in total. The van der Waals surface area contributed by atoms with Crippen molar-refractivity contribution in [1.82, 2.24) is 9.80 Å². The normalized spacial score (nSPS) is 16.8. The summed E-state index contributed by atoms with van der Waals surface area (Å²) in [6.07, 6.45) is 18.7. The zero-order valence-corrected chi connectivity index (χ0v) is 18.1. The predicted molar refractivity (Wildman–Crippen MR) is 116 cm³/mol. The Morgan fingerprint density at radius 1 is 0.500 bits per heavy atom. The molecule has 0 aromatic carbocycles. The largest absolute Gasteiger partial charge is 0.301 e. The van der Waals surface area contributed by atoms with Crippen LogP contribution >= 0.6 is 23.5 Å². The van der Waals surface area contributed by atoms with E-state index < -0.39 is 0 Å². The Kier molecular flexibility index (Phi) is 16.1. The molecule has 144 valence electrons. The molecular formula is C20H42N2S2. The fourth-order valence-electron chi connectivity index (χ4n) is 3.46. The second-order valence-electron chi connectivity index (χ2n) is 7.20. The third-order valence-corrected chi connectivity index (χ3v) is 6.50. The van der Waals surface area contributed by atoms with E-state index in [2.05, 4.69) is 22.3 Å². The monoisotopic (exact) mass is 374 g/mol. The van der Waals surface area contributed by atoms with Gasteiger partial charge in [0.1, 0.15) is 0 Å². The van der Waals surface area contributed by atoms with Crippen LogP contribution in [-0.4, -0.2) is 73.1 Å². The molecule has 0 bridgehead atoms. The molecule has 0 saturated carbocycles. The molecule has 0 aromatic heterocycles. The molecule has 0 spiro atoms. The van der Waals surface area contributed by atoms with Gasteiger partial charge in [-0.25, -0.2) is 0 Å². The molecule has 1 fully saturated rings. The molecule has 1 saturated heterocycles. The molecule has 0 unspecified atom stereocenters. The minimum Gasteiger partial charge on any atom is -0.301 e. The van der Waals surface area contributed by atoms with Crippen LogP contribution in [0.1, 0.15) is 64.2 Å². The average Bonchev–Trinajstić information content (AvgIpc) is 2.61. The van der Waals surface area contributed by atoms with Gasteiger partial charge in [0.15, 0.2) is 0 Å². The van der Waals surface area contributed by atoms with Gasteiger partial charge in [-0.2, -0.15) is 23.5 Å². The van der Waals surface area contributed by atoms with Crippen molar-refractivity contribution in [3.8, 4) is 0 Å². The maximum atomic E-state index is 2.70. The summed E-state index contributed by atoms with van der Waals surface area (Å²) in [6.45, 7) is 7.90. The average molecular weight is 375 g/mol. The van der Waals surface area contributed by atoms with Crippen LogP contribution in [-0.2, 0) is 0 Å². The summed E-state index contributed by atoms with van der Waals surface area (Å²) in [4.78, 5) is 5.39. The summed E-state index contributed by atoms with van der Waals surface area (Å²) in [6, 6.07) is 0. The number of rotatable bonds is 16. The molecule has 1 aliphatic heterocycles. The lowest BCUT2D eigenvalue weighted by atomic mass is 10.1. The van der Waals surface area contributed by atoms with E-state index in [9.17, 15) is 0 Å². The Morgan fingerprint density at radius 2 is 0.833 bits per heavy atom. The Balaban J connectivity index is 1.85. The zero-order chi connectivity index (χ0) is 17.3. The van der Waals surface area contributed by atoms with E-state index in [0.29, 0.717) is 0 Å². The smallest absolute Gasteiger partial charge is 0.0110 e. The summed E-state index contributed by atoms with van der Waals surface area (Å²) in [7, 11) is 0. The fraction of sp³-hybridized carbons (Fsp3) is 1.00. The van der Waals surface area contributed by atoms with E-state index in [1.165, 1.54) is 115 Å². The van der Waals surface area contributed by atoms with E-state index in [0.717, 1.165) is 0 Å². The third kappa shape index (κ3) is 12.9. The number of nitrogens with zero attached hydrogens (tertiary/aromatic N) is 2. The van der Waals surface area contributed by atoms with Crippen LogP contribution in [0.4, 0.5) is 0 Å². The first-order chi connectivity index (χ1) is 11.9. The standard InChI is InChI=1S/C20H42N2S2/c1-23-19-11-7-3-5-9-13-21-15-17-22(18-16-21)14-10-6-4-8-12-20-24-2/h3-20H2,1-2H3.